The molecule has 0 bridgehead atoms. The van der Waals surface area contributed by atoms with Crippen LogP contribution in [0.5, 0.6) is 11.5 Å². The van der Waals surface area contributed by atoms with Gasteiger partial charge < -0.3 is 19.2 Å². The van der Waals surface area contributed by atoms with Crippen molar-refractivity contribution in [2.24, 2.45) is 0 Å². The number of benzene rings is 1. The van der Waals surface area contributed by atoms with Crippen molar-refractivity contribution in [2.45, 2.75) is 18.2 Å². The summed E-state index contributed by atoms with van der Waals surface area (Å²) in [4.78, 5) is 4.14. The lowest BCUT2D eigenvalue weighted by Gasteiger charge is -2.22. The van der Waals surface area contributed by atoms with Crippen molar-refractivity contribution in [3.05, 3.63) is 36.2 Å². The molecule has 0 fully saturated rings. The average molecular weight is 306 g/mol. The van der Waals surface area contributed by atoms with Crippen molar-refractivity contribution >= 4 is 11.8 Å². The second-order valence-corrected chi connectivity index (χ2v) is 5.59. The van der Waals surface area contributed by atoms with Crippen LogP contribution in [0.15, 0.2) is 40.3 Å². The summed E-state index contributed by atoms with van der Waals surface area (Å²) in [7, 11) is 0. The first-order chi connectivity index (χ1) is 10.4. The van der Waals surface area contributed by atoms with Gasteiger partial charge in [0.15, 0.2) is 11.5 Å². The Kier molecular flexibility index (Phi) is 4.67. The Balaban J connectivity index is 1.73. The lowest BCUT2D eigenvalue weighted by molar-refractivity contribution is 0.171. The highest BCUT2D eigenvalue weighted by Crippen LogP contribution is 2.34. The number of thioether (sulfide) groups is 1. The first-order valence-electron chi connectivity index (χ1n) is 7.02. The van der Waals surface area contributed by atoms with E-state index in [1.54, 1.807) is 24.2 Å². The minimum Gasteiger partial charge on any atom is -0.486 e. The van der Waals surface area contributed by atoms with Crippen molar-refractivity contribution in [2.75, 3.05) is 25.5 Å². The first-order valence-corrected chi connectivity index (χ1v) is 8.00. The van der Waals surface area contributed by atoms with Gasteiger partial charge in [-0.15, -0.1) is 0 Å². The Bertz CT molecular complexity index is 574. The number of hydrogen-bond donors (Lipinski definition) is 1. The molecule has 0 saturated heterocycles. The van der Waals surface area contributed by atoms with Gasteiger partial charge in [-0.1, -0.05) is 24.8 Å². The van der Waals surface area contributed by atoms with Gasteiger partial charge in [0.2, 0.25) is 0 Å². The molecular weight excluding hydrogens is 288 g/mol. The number of rotatable bonds is 6. The van der Waals surface area contributed by atoms with Gasteiger partial charge >= 0.3 is 0 Å². The minimum absolute atomic E-state index is 0.211. The monoisotopic (exact) mass is 306 g/mol. The summed E-state index contributed by atoms with van der Waals surface area (Å²) < 4.78 is 16.5. The fraction of sp³-hybridized carbons (Fsp3) is 0.400. The molecule has 0 aliphatic carbocycles. The average Bonchev–Trinajstić information content (AvgIpc) is 3.04. The molecule has 1 aromatic carbocycles. The van der Waals surface area contributed by atoms with Crippen LogP contribution in [0.3, 0.4) is 0 Å². The summed E-state index contributed by atoms with van der Waals surface area (Å²) >= 11 is 1.60. The highest BCUT2D eigenvalue weighted by Gasteiger charge is 2.17. The van der Waals surface area contributed by atoms with Crippen LogP contribution in [0.1, 0.15) is 18.5 Å². The van der Waals surface area contributed by atoms with Gasteiger partial charge in [-0.2, -0.15) is 0 Å². The quantitative estimate of drug-likeness (QED) is 0.828. The minimum atomic E-state index is 0.211. The van der Waals surface area contributed by atoms with Crippen LogP contribution >= 0.6 is 11.8 Å². The molecule has 0 amide bonds. The maximum atomic E-state index is 5.65. The molecule has 1 aliphatic rings. The normalized spacial score (nSPS) is 14.9. The predicted octanol–water partition coefficient (Wildman–Crippen LogP) is 2.89. The van der Waals surface area contributed by atoms with E-state index in [0.717, 1.165) is 23.8 Å². The molecule has 3 rings (SSSR count). The molecule has 21 heavy (non-hydrogen) atoms. The Labute approximate surface area is 128 Å². The Morgan fingerprint density at radius 3 is 2.90 bits per heavy atom. The summed E-state index contributed by atoms with van der Waals surface area (Å²) in [5.41, 5.74) is 1.18. The zero-order valence-electron chi connectivity index (χ0n) is 11.9. The summed E-state index contributed by atoms with van der Waals surface area (Å²) in [6.07, 6.45) is 3.25. The summed E-state index contributed by atoms with van der Waals surface area (Å²) in [6, 6.07) is 6.32. The molecule has 112 valence electrons. The topological polar surface area (TPSA) is 56.5 Å². The molecule has 1 aliphatic heterocycles. The third-order valence-electron chi connectivity index (χ3n) is 3.20. The van der Waals surface area contributed by atoms with E-state index in [2.05, 4.69) is 29.4 Å². The molecule has 1 N–H and O–H groups in total. The summed E-state index contributed by atoms with van der Waals surface area (Å²) in [5.74, 6) is 2.48. The second-order valence-electron chi connectivity index (χ2n) is 4.62. The number of ether oxygens (including phenoxy) is 2. The van der Waals surface area contributed by atoms with E-state index in [1.165, 1.54) is 5.56 Å². The second kappa shape index (κ2) is 6.87. The zero-order chi connectivity index (χ0) is 14.5. The van der Waals surface area contributed by atoms with E-state index in [0.29, 0.717) is 18.4 Å². The van der Waals surface area contributed by atoms with Crippen molar-refractivity contribution in [3.63, 3.8) is 0 Å². The molecule has 1 unspecified atom stereocenters. The molecule has 1 atom stereocenters. The van der Waals surface area contributed by atoms with Gasteiger partial charge in [-0.25, -0.2) is 4.98 Å². The van der Waals surface area contributed by atoms with Crippen molar-refractivity contribution in [3.8, 4) is 11.5 Å². The molecule has 6 heteroatoms. The Hall–Kier alpha value is -1.66. The highest BCUT2D eigenvalue weighted by atomic mass is 32.2. The maximum Gasteiger partial charge on any atom is 0.255 e. The van der Waals surface area contributed by atoms with Crippen LogP contribution in [0.4, 0.5) is 0 Å². The van der Waals surface area contributed by atoms with E-state index in [9.17, 15) is 0 Å². The van der Waals surface area contributed by atoms with Crippen LogP contribution in [0.2, 0.25) is 0 Å². The van der Waals surface area contributed by atoms with Crippen LogP contribution in [0.25, 0.3) is 0 Å². The molecule has 0 radical (unpaired) electrons. The first kappa shape index (κ1) is 14.3. The largest absolute Gasteiger partial charge is 0.486 e. The third-order valence-corrected chi connectivity index (χ3v) is 4.15. The maximum absolute atomic E-state index is 5.65. The standard InChI is InChI=1S/C15H18N2O3S/c1-2-16-12(10-21-15-17-5-6-20-15)11-3-4-13-14(9-11)19-8-7-18-13/h3-6,9,12,16H,2,7-8,10H2,1H3. The molecule has 5 nitrogen and oxygen atoms in total. The molecular formula is C15H18N2O3S. The Morgan fingerprint density at radius 1 is 1.29 bits per heavy atom. The van der Waals surface area contributed by atoms with Crippen LogP contribution in [0, 0.1) is 0 Å². The SMILES string of the molecule is CCNC(CSc1ncco1)c1ccc2c(c1)OCCO2. The van der Waals surface area contributed by atoms with Gasteiger partial charge in [-0.05, 0) is 24.2 Å². The third kappa shape index (κ3) is 3.51. The van der Waals surface area contributed by atoms with Gasteiger partial charge in [0, 0.05) is 11.8 Å². The van der Waals surface area contributed by atoms with E-state index in [1.807, 2.05) is 6.07 Å². The van der Waals surface area contributed by atoms with Crippen LogP contribution < -0.4 is 14.8 Å². The van der Waals surface area contributed by atoms with Crippen molar-refractivity contribution in [1.29, 1.82) is 0 Å². The Morgan fingerprint density at radius 2 is 2.14 bits per heavy atom. The van der Waals surface area contributed by atoms with Crippen molar-refractivity contribution < 1.29 is 13.9 Å². The molecule has 0 saturated carbocycles. The van der Waals surface area contributed by atoms with Gasteiger partial charge in [-0.3, -0.25) is 0 Å². The van der Waals surface area contributed by atoms with E-state index < -0.39 is 0 Å². The highest BCUT2D eigenvalue weighted by molar-refractivity contribution is 7.99. The number of aromatic nitrogens is 1. The van der Waals surface area contributed by atoms with Crippen molar-refractivity contribution in [1.82, 2.24) is 10.3 Å². The number of nitrogens with one attached hydrogen (secondary N) is 1. The summed E-state index contributed by atoms with van der Waals surface area (Å²) in [6.45, 7) is 4.21. The summed E-state index contributed by atoms with van der Waals surface area (Å²) in [5, 5.41) is 4.17. The van der Waals surface area contributed by atoms with E-state index in [4.69, 9.17) is 13.9 Å². The smallest absolute Gasteiger partial charge is 0.255 e. The van der Waals surface area contributed by atoms with Gasteiger partial charge in [0.1, 0.15) is 19.5 Å². The van der Waals surface area contributed by atoms with E-state index >= 15 is 0 Å². The van der Waals surface area contributed by atoms with Gasteiger partial charge in [0.25, 0.3) is 5.22 Å². The lowest BCUT2D eigenvalue weighted by atomic mass is 10.1. The predicted molar refractivity (Wildman–Crippen MR) is 81.1 cm³/mol. The molecule has 1 aromatic heterocycles. The number of oxazole rings is 1. The van der Waals surface area contributed by atoms with Crippen LogP contribution in [-0.2, 0) is 0 Å². The van der Waals surface area contributed by atoms with E-state index in [-0.39, 0.29) is 6.04 Å². The molecule has 0 spiro atoms. The van der Waals surface area contributed by atoms with Gasteiger partial charge in [0.05, 0.1) is 6.20 Å². The lowest BCUT2D eigenvalue weighted by Crippen LogP contribution is -2.23. The zero-order valence-corrected chi connectivity index (χ0v) is 12.7. The molecule has 2 heterocycles. The fourth-order valence-corrected chi connectivity index (χ4v) is 3.11. The number of nitrogens with zero attached hydrogens (tertiary/aromatic N) is 1. The number of fused-ring (bicyclic) bond motifs is 1. The molecule has 2 aromatic rings. The number of hydrogen-bond acceptors (Lipinski definition) is 6. The van der Waals surface area contributed by atoms with Crippen LogP contribution in [-0.4, -0.2) is 30.5 Å². The fourth-order valence-electron chi connectivity index (χ4n) is 2.23.